The summed E-state index contributed by atoms with van der Waals surface area (Å²) in [6.07, 6.45) is 1.54. The van der Waals surface area contributed by atoms with Gasteiger partial charge in [-0.25, -0.2) is 4.79 Å². The third-order valence-corrected chi connectivity index (χ3v) is 5.90. The second-order valence-corrected chi connectivity index (χ2v) is 9.11. The maximum Gasteiger partial charge on any atom is 0.330 e. The van der Waals surface area contributed by atoms with Crippen molar-refractivity contribution in [3.05, 3.63) is 68.9 Å². The molecule has 1 unspecified atom stereocenters. The van der Waals surface area contributed by atoms with E-state index in [-0.39, 0.29) is 35.9 Å². The molecule has 0 saturated carbocycles. The topological polar surface area (TPSA) is 113 Å². The zero-order valence-corrected chi connectivity index (χ0v) is 20.4. The Balaban J connectivity index is 1.84. The lowest BCUT2D eigenvalue weighted by Crippen LogP contribution is -2.45. The number of nitrogens with two attached hydrogens (primary N) is 1. The first-order valence-corrected chi connectivity index (χ1v) is 11.9. The van der Waals surface area contributed by atoms with E-state index in [9.17, 15) is 14.4 Å². The van der Waals surface area contributed by atoms with E-state index in [1.165, 1.54) is 9.47 Å². The van der Waals surface area contributed by atoms with Crippen molar-refractivity contribution in [1.29, 1.82) is 0 Å². The minimum Gasteiger partial charge on any atom is -0.383 e. The number of carbonyl (C=O) groups is 1. The fourth-order valence-electron chi connectivity index (χ4n) is 3.99. The zero-order valence-electron chi connectivity index (χ0n) is 20.4. The number of amides is 1. The highest BCUT2D eigenvalue weighted by molar-refractivity contribution is 5.96. The molecule has 8 nitrogen and oxygen atoms in total. The number of rotatable bonds is 10. The number of carbonyl (C=O) groups excluding carboxylic acids is 1. The second-order valence-electron chi connectivity index (χ2n) is 9.11. The van der Waals surface area contributed by atoms with E-state index in [1.54, 1.807) is 0 Å². The number of hydrogen-bond donors (Lipinski definition) is 3. The Morgan fingerprint density at radius 1 is 1.12 bits per heavy atom. The van der Waals surface area contributed by atoms with Crippen molar-refractivity contribution in [2.75, 3.05) is 23.7 Å². The van der Waals surface area contributed by atoms with Gasteiger partial charge < -0.3 is 16.0 Å². The Morgan fingerprint density at radius 3 is 2.50 bits per heavy atom. The molecule has 2 aromatic carbocycles. The van der Waals surface area contributed by atoms with Gasteiger partial charge in [-0.05, 0) is 41.7 Å². The molecule has 1 aromatic heterocycles. The quantitative estimate of drug-likeness (QED) is 0.425. The minimum absolute atomic E-state index is 0.0227. The molecule has 182 valence electrons. The first-order valence-electron chi connectivity index (χ1n) is 11.9. The van der Waals surface area contributed by atoms with E-state index in [0.29, 0.717) is 19.5 Å². The first kappa shape index (κ1) is 25.2. The molecule has 0 saturated heterocycles. The van der Waals surface area contributed by atoms with Crippen LogP contribution in [0.25, 0.3) is 10.8 Å². The largest absolute Gasteiger partial charge is 0.383 e. The number of H-pyrrole nitrogens is 1. The lowest BCUT2D eigenvalue weighted by atomic mass is 10.0. The molecule has 3 aromatic rings. The van der Waals surface area contributed by atoms with Crippen LogP contribution < -0.4 is 27.2 Å². The number of nitrogens with zero attached hydrogens (tertiary/aromatic N) is 2. The summed E-state index contributed by atoms with van der Waals surface area (Å²) in [6, 6.07) is 14.3. The summed E-state index contributed by atoms with van der Waals surface area (Å²) in [5.74, 6) is -0.106. The third-order valence-electron chi connectivity index (χ3n) is 5.90. The summed E-state index contributed by atoms with van der Waals surface area (Å²) < 4.78 is 1.33. The van der Waals surface area contributed by atoms with Gasteiger partial charge in [-0.2, -0.15) is 0 Å². The maximum absolute atomic E-state index is 13.3. The van der Waals surface area contributed by atoms with Crippen LogP contribution in [0.3, 0.4) is 0 Å². The van der Waals surface area contributed by atoms with Crippen molar-refractivity contribution in [1.82, 2.24) is 14.9 Å². The number of nitrogen functional groups attached to an aromatic ring is 1. The molecule has 1 amide bonds. The van der Waals surface area contributed by atoms with Gasteiger partial charge in [-0.3, -0.25) is 19.1 Å². The van der Waals surface area contributed by atoms with E-state index in [4.69, 9.17) is 5.73 Å². The first-order chi connectivity index (χ1) is 16.2. The number of fused-ring (bicyclic) bond motifs is 1. The highest BCUT2D eigenvalue weighted by Gasteiger charge is 2.24. The molecule has 0 bridgehead atoms. The molecular formula is C26H35N5O3. The lowest BCUT2D eigenvalue weighted by Gasteiger charge is -2.26. The number of aromatic amines is 1. The minimum atomic E-state index is -0.644. The van der Waals surface area contributed by atoms with Crippen LogP contribution in [0.4, 0.5) is 11.5 Å². The number of nitrogens with one attached hydrogen (secondary N) is 2. The number of hydrogen-bond acceptors (Lipinski definition) is 5. The zero-order chi connectivity index (χ0) is 24.8. The predicted molar refractivity (Wildman–Crippen MR) is 138 cm³/mol. The van der Waals surface area contributed by atoms with Crippen LogP contribution in [-0.2, 0) is 11.3 Å². The summed E-state index contributed by atoms with van der Waals surface area (Å²) >= 11 is 0. The molecule has 0 aliphatic rings. The molecular weight excluding hydrogens is 430 g/mol. The summed E-state index contributed by atoms with van der Waals surface area (Å²) in [5.41, 5.74) is 6.17. The maximum atomic E-state index is 13.3. The molecule has 3 rings (SSSR count). The molecule has 0 spiro atoms. The van der Waals surface area contributed by atoms with Gasteiger partial charge in [0.15, 0.2) is 5.69 Å². The highest BCUT2D eigenvalue weighted by atomic mass is 16.2. The van der Waals surface area contributed by atoms with Crippen molar-refractivity contribution in [2.24, 2.45) is 5.92 Å². The Kier molecular flexibility index (Phi) is 8.28. The fourth-order valence-corrected chi connectivity index (χ4v) is 3.99. The van der Waals surface area contributed by atoms with Gasteiger partial charge in [0, 0.05) is 19.1 Å². The monoisotopic (exact) mass is 465 g/mol. The summed E-state index contributed by atoms with van der Waals surface area (Å²) in [7, 11) is 0. The van der Waals surface area contributed by atoms with Crippen LogP contribution in [-0.4, -0.2) is 28.5 Å². The number of unbranched alkanes of at least 4 members (excludes halogenated alkanes) is 1. The average molecular weight is 466 g/mol. The number of anilines is 2. The van der Waals surface area contributed by atoms with Crippen LogP contribution >= 0.6 is 0 Å². The van der Waals surface area contributed by atoms with E-state index in [2.05, 4.69) is 34.6 Å². The predicted octanol–water partition coefficient (Wildman–Crippen LogP) is 3.41. The van der Waals surface area contributed by atoms with Gasteiger partial charge in [0.2, 0.25) is 5.91 Å². The Hall–Kier alpha value is -3.39. The van der Waals surface area contributed by atoms with Crippen LogP contribution in [0.1, 0.15) is 52.1 Å². The average Bonchev–Trinajstić information content (AvgIpc) is 2.81. The van der Waals surface area contributed by atoms with Gasteiger partial charge in [0.1, 0.15) is 5.82 Å². The van der Waals surface area contributed by atoms with Gasteiger partial charge in [0.25, 0.3) is 5.56 Å². The fraction of sp³-hybridized carbons (Fsp3) is 0.423. The number of benzene rings is 2. The van der Waals surface area contributed by atoms with Gasteiger partial charge in [0.05, 0.1) is 6.54 Å². The van der Waals surface area contributed by atoms with E-state index in [1.807, 2.05) is 45.9 Å². The summed E-state index contributed by atoms with van der Waals surface area (Å²) in [4.78, 5) is 42.1. The molecule has 1 heterocycles. The van der Waals surface area contributed by atoms with Gasteiger partial charge in [-0.15, -0.1) is 0 Å². The van der Waals surface area contributed by atoms with Crippen LogP contribution in [0.2, 0.25) is 0 Å². The van der Waals surface area contributed by atoms with Gasteiger partial charge >= 0.3 is 5.69 Å². The summed E-state index contributed by atoms with van der Waals surface area (Å²) in [5, 5.41) is 5.57. The van der Waals surface area contributed by atoms with E-state index < -0.39 is 11.2 Å². The van der Waals surface area contributed by atoms with Crippen molar-refractivity contribution in [2.45, 2.75) is 53.1 Å². The van der Waals surface area contributed by atoms with E-state index >= 15 is 0 Å². The second kappa shape index (κ2) is 11.2. The summed E-state index contributed by atoms with van der Waals surface area (Å²) in [6.45, 7) is 8.63. The Morgan fingerprint density at radius 2 is 1.82 bits per heavy atom. The Labute approximate surface area is 199 Å². The molecule has 4 N–H and O–H groups in total. The van der Waals surface area contributed by atoms with Crippen LogP contribution in [0.15, 0.2) is 52.1 Å². The van der Waals surface area contributed by atoms with E-state index in [0.717, 1.165) is 22.8 Å². The van der Waals surface area contributed by atoms with Crippen LogP contribution in [0, 0.1) is 5.92 Å². The lowest BCUT2D eigenvalue weighted by molar-refractivity contribution is -0.118. The third kappa shape index (κ3) is 5.75. The molecule has 0 radical (unpaired) electrons. The van der Waals surface area contributed by atoms with Crippen molar-refractivity contribution in [3.8, 4) is 0 Å². The smallest absolute Gasteiger partial charge is 0.330 e. The molecule has 0 aliphatic heterocycles. The van der Waals surface area contributed by atoms with Crippen molar-refractivity contribution >= 4 is 28.2 Å². The van der Waals surface area contributed by atoms with Crippen molar-refractivity contribution < 1.29 is 4.79 Å². The molecule has 8 heteroatoms. The standard InChI is InChI=1S/C26H35N5O3/c1-5-6-13-30(23-24(27)31(16-17(2)3)26(34)29-25(23)33)22(32)15-28-18(4)20-12-11-19-9-7-8-10-21(19)14-20/h7-12,14,17-18,28H,5-6,13,15-16,27H2,1-4H3,(H,29,33,34). The van der Waals surface area contributed by atoms with Gasteiger partial charge in [-0.1, -0.05) is 63.6 Å². The van der Waals surface area contributed by atoms with Crippen molar-refractivity contribution in [3.63, 3.8) is 0 Å². The highest BCUT2D eigenvalue weighted by Crippen LogP contribution is 2.21. The number of aromatic nitrogens is 2. The normalized spacial score (nSPS) is 12.3. The molecule has 34 heavy (non-hydrogen) atoms. The molecule has 1 atom stereocenters. The molecule has 0 fully saturated rings. The Bertz CT molecular complexity index is 1260. The molecule has 0 aliphatic carbocycles. The SMILES string of the molecule is CCCCN(C(=O)CNC(C)c1ccc2ccccc2c1)c1c(N)n(CC(C)C)c(=O)[nH]c1=O. The van der Waals surface area contributed by atoms with Crippen LogP contribution in [0.5, 0.6) is 0 Å².